The topological polar surface area (TPSA) is 75.3 Å². The average molecular weight is 302 g/mol. The maximum Gasteiger partial charge on any atom is 0.341 e. The summed E-state index contributed by atoms with van der Waals surface area (Å²) in [6.45, 7) is -0.255. The molecular weight excluding hydrogens is 290 g/mol. The molecule has 2 N–H and O–H groups in total. The number of carbonyl (C=O) groups excluding carboxylic acids is 1. The van der Waals surface area contributed by atoms with E-state index in [1.54, 1.807) is 0 Å². The lowest BCUT2D eigenvalue weighted by atomic mass is 10.3. The Morgan fingerprint density at radius 2 is 2.00 bits per heavy atom. The minimum atomic E-state index is -4.73. The molecule has 0 aliphatic rings. The van der Waals surface area contributed by atoms with E-state index in [-0.39, 0.29) is 18.8 Å². The van der Waals surface area contributed by atoms with Crippen LogP contribution in [0.15, 0.2) is 29.2 Å². The summed E-state index contributed by atoms with van der Waals surface area (Å²) in [4.78, 5) is 10.7. The van der Waals surface area contributed by atoms with E-state index in [1.807, 2.05) is 0 Å². The molecule has 0 aliphatic carbocycles. The maximum absolute atomic E-state index is 12.5. The first-order valence-electron chi connectivity index (χ1n) is 5.44. The largest absolute Gasteiger partial charge is 0.375 e. The second-order valence-electron chi connectivity index (χ2n) is 3.64. The molecule has 20 heavy (non-hydrogen) atoms. The van der Waals surface area contributed by atoms with Gasteiger partial charge in [-0.3, -0.25) is 4.79 Å². The van der Waals surface area contributed by atoms with E-state index in [1.165, 1.54) is 18.2 Å². The van der Waals surface area contributed by atoms with Gasteiger partial charge in [0, 0.05) is 0 Å². The first kappa shape index (κ1) is 15.9. The van der Waals surface area contributed by atoms with Gasteiger partial charge >= 0.3 is 5.76 Å². The van der Waals surface area contributed by atoms with Crippen molar-refractivity contribution in [2.45, 2.75) is 10.7 Å². The Morgan fingerprint density at radius 1 is 1.35 bits per heavy atom. The number of para-hydroxylation sites is 1. The van der Waals surface area contributed by atoms with E-state index in [2.05, 4.69) is 16.6 Å². The Bertz CT molecular complexity index is 624. The van der Waals surface area contributed by atoms with Crippen LogP contribution in [0.2, 0.25) is 0 Å². The number of benzene rings is 1. The monoisotopic (exact) mass is 302 g/mol. The molecule has 0 radical (unpaired) electrons. The van der Waals surface area contributed by atoms with Crippen molar-refractivity contribution in [3.8, 4) is 12.3 Å². The lowest BCUT2D eigenvalue weighted by molar-refractivity contribution is -0.119. The Morgan fingerprint density at radius 3 is 2.60 bits per heavy atom. The number of rotatable bonds is 6. The number of amides is 1. The number of anilines is 1. The minimum Gasteiger partial charge on any atom is -0.375 e. The van der Waals surface area contributed by atoms with Crippen LogP contribution in [0, 0.1) is 12.3 Å². The van der Waals surface area contributed by atoms with Crippen molar-refractivity contribution in [3.63, 3.8) is 0 Å². The molecule has 1 amide bonds. The Kier molecular flexibility index (Phi) is 5.46. The lowest BCUT2D eigenvalue weighted by Gasteiger charge is -2.11. The van der Waals surface area contributed by atoms with Crippen molar-refractivity contribution >= 4 is 21.4 Å². The third kappa shape index (κ3) is 3.93. The average Bonchev–Trinajstić information content (AvgIpc) is 2.42. The van der Waals surface area contributed by atoms with Crippen LogP contribution in [-0.2, 0) is 14.6 Å². The fourth-order valence-corrected chi connectivity index (χ4v) is 2.25. The van der Waals surface area contributed by atoms with Gasteiger partial charge in [0.05, 0.1) is 23.7 Å². The SMILES string of the molecule is C#CCNC(=O)CNc1ccccc1S(=O)(=O)C(F)F. The van der Waals surface area contributed by atoms with Crippen LogP contribution < -0.4 is 10.6 Å². The molecule has 0 atom stereocenters. The third-order valence-electron chi connectivity index (χ3n) is 2.26. The molecule has 0 spiro atoms. The molecule has 0 bridgehead atoms. The van der Waals surface area contributed by atoms with E-state index in [0.29, 0.717) is 0 Å². The molecular formula is C12H12F2N2O3S. The van der Waals surface area contributed by atoms with Gasteiger partial charge in [0.25, 0.3) is 0 Å². The molecule has 0 unspecified atom stereocenters. The lowest BCUT2D eigenvalue weighted by Crippen LogP contribution is -2.30. The second kappa shape index (κ2) is 6.86. The Balaban J connectivity index is 2.88. The van der Waals surface area contributed by atoms with Crippen LogP contribution in [-0.4, -0.2) is 33.2 Å². The van der Waals surface area contributed by atoms with Gasteiger partial charge in [0.2, 0.25) is 15.7 Å². The summed E-state index contributed by atoms with van der Waals surface area (Å²) >= 11 is 0. The molecule has 0 saturated heterocycles. The molecule has 108 valence electrons. The molecule has 1 aromatic carbocycles. The number of alkyl halides is 2. The number of sulfone groups is 1. The highest BCUT2D eigenvalue weighted by molar-refractivity contribution is 7.91. The second-order valence-corrected chi connectivity index (χ2v) is 5.52. The smallest absolute Gasteiger partial charge is 0.341 e. The molecule has 0 fully saturated rings. The van der Waals surface area contributed by atoms with Gasteiger partial charge in [0.1, 0.15) is 0 Å². The number of nitrogens with one attached hydrogen (secondary N) is 2. The number of terminal acetylenes is 1. The fourth-order valence-electron chi connectivity index (χ4n) is 1.34. The highest BCUT2D eigenvalue weighted by Crippen LogP contribution is 2.25. The number of halogens is 2. The van der Waals surface area contributed by atoms with E-state index in [0.717, 1.165) is 6.07 Å². The predicted molar refractivity (Wildman–Crippen MR) is 70.0 cm³/mol. The number of hydrogen-bond donors (Lipinski definition) is 2. The standard InChI is InChI=1S/C12H12F2N2O3S/c1-2-7-15-11(17)8-16-9-5-3-4-6-10(9)20(18,19)12(13)14/h1,3-6,12,16H,7-8H2,(H,15,17). The van der Waals surface area contributed by atoms with Crippen LogP contribution in [0.5, 0.6) is 0 Å². The molecule has 0 aromatic heterocycles. The van der Waals surface area contributed by atoms with Crippen molar-refractivity contribution in [3.05, 3.63) is 24.3 Å². The number of carbonyl (C=O) groups is 1. The van der Waals surface area contributed by atoms with Crippen molar-refractivity contribution in [1.82, 2.24) is 5.32 Å². The summed E-state index contributed by atoms with van der Waals surface area (Å²) in [6, 6.07) is 5.12. The molecule has 1 aromatic rings. The quantitative estimate of drug-likeness (QED) is 0.764. The predicted octanol–water partition coefficient (Wildman–Crippen LogP) is 0.844. The van der Waals surface area contributed by atoms with Crippen molar-refractivity contribution in [2.24, 2.45) is 0 Å². The van der Waals surface area contributed by atoms with Crippen molar-refractivity contribution < 1.29 is 22.0 Å². The number of hydrogen-bond acceptors (Lipinski definition) is 4. The highest BCUT2D eigenvalue weighted by atomic mass is 32.2. The van der Waals surface area contributed by atoms with Gasteiger partial charge in [0.15, 0.2) is 0 Å². The normalized spacial score (nSPS) is 10.9. The van der Waals surface area contributed by atoms with Crippen LogP contribution >= 0.6 is 0 Å². The first-order valence-corrected chi connectivity index (χ1v) is 6.99. The zero-order valence-electron chi connectivity index (χ0n) is 10.3. The summed E-state index contributed by atoms with van der Waals surface area (Å²) < 4.78 is 48.0. The highest BCUT2D eigenvalue weighted by Gasteiger charge is 2.28. The molecule has 0 heterocycles. The summed E-state index contributed by atoms with van der Waals surface area (Å²) in [5, 5.41) is 4.84. The molecule has 0 aliphatic heterocycles. The zero-order valence-corrected chi connectivity index (χ0v) is 11.1. The van der Waals surface area contributed by atoms with Crippen LogP contribution in [0.1, 0.15) is 0 Å². The van der Waals surface area contributed by atoms with Gasteiger partial charge in [-0.1, -0.05) is 18.1 Å². The minimum absolute atomic E-state index is 0.0253. The van der Waals surface area contributed by atoms with Gasteiger partial charge in [-0.05, 0) is 12.1 Å². The summed E-state index contributed by atoms with van der Waals surface area (Å²) in [5.74, 6) is -1.81. The van der Waals surface area contributed by atoms with E-state index in [9.17, 15) is 22.0 Å². The van der Waals surface area contributed by atoms with Crippen LogP contribution in [0.4, 0.5) is 14.5 Å². The molecule has 8 heteroatoms. The third-order valence-corrected chi connectivity index (χ3v) is 3.69. The van der Waals surface area contributed by atoms with E-state index in [4.69, 9.17) is 6.42 Å². The van der Waals surface area contributed by atoms with E-state index >= 15 is 0 Å². The molecule has 1 rings (SSSR count). The fraction of sp³-hybridized carbons (Fsp3) is 0.250. The van der Waals surface area contributed by atoms with Crippen LogP contribution in [0.25, 0.3) is 0 Å². The Labute approximate surface area is 115 Å². The van der Waals surface area contributed by atoms with Crippen molar-refractivity contribution in [1.29, 1.82) is 0 Å². The van der Waals surface area contributed by atoms with Gasteiger partial charge in [-0.25, -0.2) is 8.42 Å². The summed E-state index contributed by atoms with van der Waals surface area (Å²) in [6.07, 6.45) is 4.95. The van der Waals surface area contributed by atoms with Gasteiger partial charge in [-0.15, -0.1) is 6.42 Å². The van der Waals surface area contributed by atoms with Crippen LogP contribution in [0.3, 0.4) is 0 Å². The first-order chi connectivity index (χ1) is 9.39. The Hall–Kier alpha value is -2.14. The van der Waals surface area contributed by atoms with Crippen molar-refractivity contribution in [2.75, 3.05) is 18.4 Å². The maximum atomic E-state index is 12.5. The molecule has 5 nitrogen and oxygen atoms in total. The van der Waals surface area contributed by atoms with Gasteiger partial charge in [-0.2, -0.15) is 8.78 Å². The summed E-state index contributed by atoms with van der Waals surface area (Å²) in [5.41, 5.74) is -0.0661. The zero-order chi connectivity index (χ0) is 15.2. The summed E-state index contributed by atoms with van der Waals surface area (Å²) in [7, 11) is -4.73. The van der Waals surface area contributed by atoms with Gasteiger partial charge < -0.3 is 10.6 Å². The molecule has 0 saturated carbocycles. The van der Waals surface area contributed by atoms with E-state index < -0.39 is 26.4 Å².